The molecule has 1 amide bonds. The van der Waals surface area contributed by atoms with Crippen LogP contribution in [0.5, 0.6) is 0 Å². The van der Waals surface area contributed by atoms with Gasteiger partial charge in [0.1, 0.15) is 12.4 Å². The molecule has 1 saturated heterocycles. The summed E-state index contributed by atoms with van der Waals surface area (Å²) in [5.74, 6) is -0.291. The molecule has 0 radical (unpaired) electrons. The van der Waals surface area contributed by atoms with Crippen LogP contribution in [0.3, 0.4) is 0 Å². The van der Waals surface area contributed by atoms with Crippen LogP contribution in [0, 0.1) is 19.7 Å². The lowest BCUT2D eigenvalue weighted by molar-refractivity contribution is 0.0907. The van der Waals surface area contributed by atoms with Crippen molar-refractivity contribution in [2.45, 2.75) is 43.9 Å². The Morgan fingerprint density at radius 3 is 2.34 bits per heavy atom. The van der Waals surface area contributed by atoms with Gasteiger partial charge in [-0.2, -0.15) is 8.42 Å². The van der Waals surface area contributed by atoms with E-state index < -0.39 is 10.1 Å². The maximum Gasteiger partial charge on any atom is 0.410 e. The fraction of sp³-hybridized carbons (Fsp3) is 0.269. The van der Waals surface area contributed by atoms with E-state index in [0.29, 0.717) is 13.0 Å². The number of rotatable bonds is 4. The van der Waals surface area contributed by atoms with Crippen LogP contribution in [-0.2, 0) is 21.5 Å². The van der Waals surface area contributed by atoms with Crippen molar-refractivity contribution in [1.29, 1.82) is 0 Å². The molecule has 0 aliphatic carbocycles. The van der Waals surface area contributed by atoms with E-state index >= 15 is 0 Å². The number of nitrogens with zero attached hydrogens (tertiary/aromatic N) is 1. The minimum atomic E-state index is -4.02. The molecule has 1 aliphatic rings. The van der Waals surface area contributed by atoms with Crippen molar-refractivity contribution < 1.29 is 26.9 Å². The Hall–Kier alpha value is -3.27. The van der Waals surface area contributed by atoms with Gasteiger partial charge in [-0.15, -0.1) is 0 Å². The van der Waals surface area contributed by atoms with E-state index in [1.807, 2.05) is 44.2 Å². The number of likely N-dealkylation sites (tertiary alicyclic amines) is 1. The third kappa shape index (κ3) is 7.11. The van der Waals surface area contributed by atoms with E-state index in [1.54, 1.807) is 23.1 Å². The number of ether oxygens (including phenoxy) is 1. The highest BCUT2D eigenvalue weighted by Crippen LogP contribution is 2.34. The largest absolute Gasteiger partial charge is 0.445 e. The monoisotopic (exact) mass is 500 g/mol. The van der Waals surface area contributed by atoms with Crippen molar-refractivity contribution in [2.75, 3.05) is 6.54 Å². The summed E-state index contributed by atoms with van der Waals surface area (Å²) in [4.78, 5) is 14.1. The van der Waals surface area contributed by atoms with Gasteiger partial charge in [0.15, 0.2) is 0 Å². The van der Waals surface area contributed by atoms with Gasteiger partial charge in [0.2, 0.25) is 0 Å². The van der Waals surface area contributed by atoms with E-state index in [1.165, 1.54) is 24.3 Å². The van der Waals surface area contributed by atoms with Gasteiger partial charge in [-0.1, -0.05) is 54.1 Å². The lowest BCUT2D eigenvalue weighted by Crippen LogP contribution is -2.36. The smallest absolute Gasteiger partial charge is 0.410 e. The standard InChI is InChI=1S/C19H21FN2O2.C7H8O3S/c1-13-11-15(20)7-8-16(13)18-17(21)9-10-22(18)19(23)24-12-14-5-3-2-4-6-14;1-6-2-4-7(5-3-6)11(8,9)10/h2-8,11,17-18H,9-10,12,21H2,1H3;2-5H,1H3,(H,8,9,10)/t17-,18+;/m0./s1. The SMILES string of the molecule is Cc1cc(F)ccc1[C@@H]1[C@@H](N)CCN1C(=O)OCc1ccccc1.Cc1ccc(S(=O)(=O)O)cc1. The molecular formula is C26H29FN2O5S. The van der Waals surface area contributed by atoms with Crippen LogP contribution in [0.25, 0.3) is 0 Å². The van der Waals surface area contributed by atoms with Crippen molar-refractivity contribution in [3.05, 3.63) is 101 Å². The first kappa shape index (κ1) is 26.3. The van der Waals surface area contributed by atoms with Gasteiger partial charge in [0, 0.05) is 12.6 Å². The summed E-state index contributed by atoms with van der Waals surface area (Å²) in [5.41, 5.74) is 9.76. The predicted octanol–water partition coefficient (Wildman–Crippen LogP) is 4.79. The Kier molecular flexibility index (Phi) is 8.61. The molecule has 1 aliphatic heterocycles. The summed E-state index contributed by atoms with van der Waals surface area (Å²) >= 11 is 0. The van der Waals surface area contributed by atoms with Gasteiger partial charge < -0.3 is 10.5 Å². The molecule has 3 aromatic carbocycles. The molecule has 7 nitrogen and oxygen atoms in total. The molecule has 186 valence electrons. The third-order valence-corrected chi connectivity index (χ3v) is 6.62. The first-order valence-corrected chi connectivity index (χ1v) is 12.5. The fourth-order valence-electron chi connectivity index (χ4n) is 3.90. The van der Waals surface area contributed by atoms with Crippen molar-refractivity contribution in [3.63, 3.8) is 0 Å². The summed E-state index contributed by atoms with van der Waals surface area (Å²) in [6.07, 6.45) is 0.308. The second-order valence-corrected chi connectivity index (χ2v) is 9.84. The van der Waals surface area contributed by atoms with E-state index in [9.17, 15) is 17.6 Å². The second kappa shape index (κ2) is 11.4. The number of aryl methyl sites for hydroxylation is 2. The molecule has 0 bridgehead atoms. The molecule has 35 heavy (non-hydrogen) atoms. The molecule has 0 spiro atoms. The van der Waals surface area contributed by atoms with E-state index in [4.69, 9.17) is 15.0 Å². The lowest BCUT2D eigenvalue weighted by atomic mass is 9.96. The van der Waals surface area contributed by atoms with Crippen LogP contribution in [-0.4, -0.2) is 36.6 Å². The zero-order valence-electron chi connectivity index (χ0n) is 19.6. The number of amides is 1. The van der Waals surface area contributed by atoms with Crippen molar-refractivity contribution >= 4 is 16.2 Å². The highest BCUT2D eigenvalue weighted by Gasteiger charge is 2.37. The topological polar surface area (TPSA) is 110 Å². The normalized spacial score (nSPS) is 17.5. The molecule has 0 aromatic heterocycles. The molecule has 0 unspecified atom stereocenters. The zero-order chi connectivity index (χ0) is 25.6. The van der Waals surface area contributed by atoms with Crippen molar-refractivity contribution in [2.24, 2.45) is 5.73 Å². The lowest BCUT2D eigenvalue weighted by Gasteiger charge is -2.27. The van der Waals surface area contributed by atoms with Gasteiger partial charge in [-0.3, -0.25) is 9.45 Å². The Morgan fingerprint density at radius 2 is 1.74 bits per heavy atom. The first-order chi connectivity index (χ1) is 16.6. The Labute approximate surface area is 205 Å². The van der Waals surface area contributed by atoms with Gasteiger partial charge in [-0.25, -0.2) is 9.18 Å². The van der Waals surface area contributed by atoms with Gasteiger partial charge in [0.05, 0.1) is 10.9 Å². The number of hydrogen-bond acceptors (Lipinski definition) is 5. The maximum atomic E-state index is 13.4. The molecule has 9 heteroatoms. The second-order valence-electron chi connectivity index (χ2n) is 8.42. The number of carbonyl (C=O) groups excluding carboxylic acids is 1. The van der Waals surface area contributed by atoms with Gasteiger partial charge in [0.25, 0.3) is 10.1 Å². The maximum absolute atomic E-state index is 13.4. The number of carbonyl (C=O) groups is 1. The molecule has 1 fully saturated rings. The minimum Gasteiger partial charge on any atom is -0.445 e. The first-order valence-electron chi connectivity index (χ1n) is 11.1. The average Bonchev–Trinajstić information content (AvgIpc) is 3.19. The summed E-state index contributed by atoms with van der Waals surface area (Å²) < 4.78 is 48.3. The third-order valence-electron chi connectivity index (χ3n) is 5.75. The zero-order valence-corrected chi connectivity index (χ0v) is 20.4. The van der Waals surface area contributed by atoms with Gasteiger partial charge in [-0.05, 0) is 61.2 Å². The van der Waals surface area contributed by atoms with Crippen LogP contribution in [0.4, 0.5) is 9.18 Å². The molecule has 3 N–H and O–H groups in total. The van der Waals surface area contributed by atoms with Crippen molar-refractivity contribution in [1.82, 2.24) is 4.90 Å². The number of benzene rings is 3. The molecule has 1 heterocycles. The predicted molar refractivity (Wildman–Crippen MR) is 131 cm³/mol. The summed E-state index contributed by atoms with van der Waals surface area (Å²) in [6, 6.07) is 19.6. The summed E-state index contributed by atoms with van der Waals surface area (Å²) in [6.45, 7) is 4.43. The van der Waals surface area contributed by atoms with Gasteiger partial charge >= 0.3 is 6.09 Å². The van der Waals surface area contributed by atoms with Crippen LogP contribution >= 0.6 is 0 Å². The average molecular weight is 501 g/mol. The van der Waals surface area contributed by atoms with Crippen molar-refractivity contribution in [3.8, 4) is 0 Å². The van der Waals surface area contributed by atoms with Crippen LogP contribution in [0.1, 0.15) is 34.7 Å². The molecular weight excluding hydrogens is 471 g/mol. The van der Waals surface area contributed by atoms with Crippen LogP contribution in [0.2, 0.25) is 0 Å². The summed E-state index contributed by atoms with van der Waals surface area (Å²) in [7, 11) is -4.02. The summed E-state index contributed by atoms with van der Waals surface area (Å²) in [5, 5.41) is 0. The number of hydrogen-bond donors (Lipinski definition) is 2. The highest BCUT2D eigenvalue weighted by atomic mass is 32.2. The number of nitrogens with two attached hydrogens (primary N) is 1. The fourth-order valence-corrected chi connectivity index (χ4v) is 4.38. The Bertz CT molecular complexity index is 1250. The molecule has 2 atom stereocenters. The number of halogens is 1. The molecule has 0 saturated carbocycles. The molecule has 3 aromatic rings. The molecule has 4 rings (SSSR count). The quantitative estimate of drug-likeness (QED) is 0.499. The van der Waals surface area contributed by atoms with E-state index in [-0.39, 0.29) is 35.5 Å². The van der Waals surface area contributed by atoms with Crippen LogP contribution in [0.15, 0.2) is 77.7 Å². The van der Waals surface area contributed by atoms with E-state index in [0.717, 1.165) is 22.3 Å². The van der Waals surface area contributed by atoms with E-state index in [2.05, 4.69) is 0 Å². The highest BCUT2D eigenvalue weighted by molar-refractivity contribution is 7.85. The minimum absolute atomic E-state index is 0.0666. The Morgan fingerprint density at radius 1 is 1.09 bits per heavy atom. The van der Waals surface area contributed by atoms with Crippen LogP contribution < -0.4 is 5.73 Å². The Balaban J connectivity index is 0.000000261.